The third kappa shape index (κ3) is 12.3. The molecule has 0 heterocycles. The molecule has 7 nitrogen and oxygen atoms in total. The van der Waals surface area contributed by atoms with Gasteiger partial charge in [0, 0.05) is 12.4 Å². The molecule has 3 aromatic carbocycles. The van der Waals surface area contributed by atoms with Crippen LogP contribution in [-0.4, -0.2) is 37.5 Å². The van der Waals surface area contributed by atoms with Gasteiger partial charge in [0.05, 0.1) is 17.0 Å². The fourth-order valence-electron chi connectivity index (χ4n) is 5.97. The molecule has 1 fully saturated rings. The predicted molar refractivity (Wildman–Crippen MR) is 207 cm³/mol. The molecule has 1 saturated carbocycles. The van der Waals surface area contributed by atoms with Crippen LogP contribution in [0.2, 0.25) is 0 Å². The van der Waals surface area contributed by atoms with Crippen molar-refractivity contribution in [1.29, 1.82) is 0 Å². The van der Waals surface area contributed by atoms with Crippen molar-refractivity contribution >= 4 is 22.5 Å². The van der Waals surface area contributed by atoms with E-state index in [0.717, 1.165) is 53.5 Å². The van der Waals surface area contributed by atoms with Crippen molar-refractivity contribution in [2.45, 2.75) is 154 Å². The molecule has 0 spiro atoms. The summed E-state index contributed by atoms with van der Waals surface area (Å²) in [5.74, 6) is 0.120. The molecule has 1 aliphatic rings. The molecule has 0 amide bonds. The zero-order valence-electron chi connectivity index (χ0n) is 33.4. The molecule has 1 aliphatic carbocycles. The van der Waals surface area contributed by atoms with Gasteiger partial charge in [-0.1, -0.05) is 149 Å². The Morgan fingerprint density at radius 2 is 0.962 bits per heavy atom. The van der Waals surface area contributed by atoms with Crippen LogP contribution in [0.25, 0.3) is 0 Å². The Morgan fingerprint density at radius 1 is 0.615 bits per heavy atom. The Bertz CT molecular complexity index is 1740. The summed E-state index contributed by atoms with van der Waals surface area (Å²) in [5.41, 5.74) is 5.55. The minimum atomic E-state index is -4.27. The summed E-state index contributed by atoms with van der Waals surface area (Å²) >= 11 is 0. The number of aliphatic imine (C=N–C) groups is 2. The van der Waals surface area contributed by atoms with Crippen LogP contribution in [0.3, 0.4) is 0 Å². The van der Waals surface area contributed by atoms with Crippen LogP contribution >= 0.6 is 0 Å². The molecule has 0 saturated heterocycles. The summed E-state index contributed by atoms with van der Waals surface area (Å²) in [6.45, 7) is 27.4. The number of rotatable bonds is 5. The van der Waals surface area contributed by atoms with Gasteiger partial charge in [-0.25, -0.2) is 8.42 Å². The topological polar surface area (TPSA) is 128 Å². The second-order valence-corrected chi connectivity index (χ2v) is 19.5. The van der Waals surface area contributed by atoms with Gasteiger partial charge in [-0.3, -0.25) is 9.98 Å². The third-order valence-electron chi connectivity index (χ3n) is 9.40. The standard InChI is InChI=1S/C36H54N2O2.C7H8O3S.Co/c1-33(2,3)25-17-23(31(39)27(19-25)35(7,8)9)21-37-29-15-13-14-16-30(29)38-22-24-18-26(34(4,5)6)20-28(32(24)40)36(10,11)12;1-6-2-4-7(5-3-6)11(8,9)10;/h17-22,29-30,39-40H,13-16H2,1-12H3;2-5H,1H3,(H,8,9,10);/q;;+3/p-3/t29-,30-;;/m1../s1. The molecule has 9 heteroatoms. The Balaban J connectivity index is 0.000000666. The van der Waals surface area contributed by atoms with E-state index >= 15 is 0 Å². The molecule has 3 aromatic rings. The van der Waals surface area contributed by atoms with Crippen LogP contribution in [0.4, 0.5) is 0 Å². The van der Waals surface area contributed by atoms with Gasteiger partial charge in [0.2, 0.25) is 0 Å². The first-order valence-corrected chi connectivity index (χ1v) is 19.4. The van der Waals surface area contributed by atoms with Crippen molar-refractivity contribution < 1.29 is 40.0 Å². The van der Waals surface area contributed by atoms with Crippen molar-refractivity contribution in [3.63, 3.8) is 0 Å². The van der Waals surface area contributed by atoms with Crippen LogP contribution in [0.5, 0.6) is 11.5 Å². The van der Waals surface area contributed by atoms with Gasteiger partial charge < -0.3 is 14.8 Å². The van der Waals surface area contributed by atoms with Gasteiger partial charge in [0.25, 0.3) is 0 Å². The van der Waals surface area contributed by atoms with Crippen LogP contribution < -0.4 is 10.2 Å². The normalized spacial score (nSPS) is 17.5. The molecule has 0 N–H and O–H groups in total. The van der Waals surface area contributed by atoms with E-state index in [4.69, 9.17) is 9.98 Å². The summed E-state index contributed by atoms with van der Waals surface area (Å²) < 4.78 is 31.2. The Kier molecular flexibility index (Phi) is 14.8. The average Bonchev–Trinajstić information content (AvgIpc) is 2.98. The molecule has 2 atom stereocenters. The molecule has 4 rings (SSSR count). The van der Waals surface area contributed by atoms with E-state index in [9.17, 15) is 23.2 Å². The van der Waals surface area contributed by atoms with E-state index in [1.807, 2.05) is 19.1 Å². The fourth-order valence-corrected chi connectivity index (χ4v) is 6.44. The SMILES string of the molecule is CC(C)(C)c1cc(C=N[C@@H]2CCCC[C@H]2N=Cc2cc(C(C)(C)C)cc(C(C)(C)C)c2[O-])c([O-])c(C(C)(C)C)c1.Cc1ccc(S(=O)(=O)[O-])cc1.[Co+3]. The maximum atomic E-state index is 13.5. The smallest absolute Gasteiger partial charge is 0.872 e. The van der Waals surface area contributed by atoms with Gasteiger partial charge in [-0.05, 0) is 86.9 Å². The second kappa shape index (κ2) is 17.0. The van der Waals surface area contributed by atoms with Crippen molar-refractivity contribution in [1.82, 2.24) is 0 Å². The minimum absolute atomic E-state index is 0. The van der Waals surface area contributed by atoms with Crippen molar-refractivity contribution in [3.8, 4) is 11.5 Å². The minimum Gasteiger partial charge on any atom is -0.872 e. The quantitative estimate of drug-likeness (QED) is 0.189. The number of nitrogens with zero attached hydrogens (tertiary/aromatic N) is 2. The molecule has 52 heavy (non-hydrogen) atoms. The molecule has 0 aliphatic heterocycles. The monoisotopic (exact) mass is 774 g/mol. The maximum absolute atomic E-state index is 13.5. The third-order valence-corrected chi connectivity index (χ3v) is 10.2. The van der Waals surface area contributed by atoms with E-state index in [1.54, 1.807) is 24.6 Å². The Labute approximate surface area is 324 Å². The van der Waals surface area contributed by atoms with E-state index in [2.05, 4.69) is 95.2 Å². The first-order chi connectivity index (χ1) is 23.2. The van der Waals surface area contributed by atoms with Crippen LogP contribution in [0.1, 0.15) is 148 Å². The van der Waals surface area contributed by atoms with Gasteiger partial charge >= 0.3 is 16.8 Å². The molecular weight excluding hydrogens is 715 g/mol. The van der Waals surface area contributed by atoms with Gasteiger partial charge in [-0.2, -0.15) is 0 Å². The summed E-state index contributed by atoms with van der Waals surface area (Å²) in [7, 11) is -4.27. The van der Waals surface area contributed by atoms with Gasteiger partial charge in [-0.15, -0.1) is 0 Å². The first-order valence-electron chi connectivity index (χ1n) is 18.0. The van der Waals surface area contributed by atoms with Crippen LogP contribution in [0, 0.1) is 6.92 Å². The van der Waals surface area contributed by atoms with Gasteiger partial charge in [0.15, 0.2) is 0 Å². The largest absolute Gasteiger partial charge is 3.00 e. The second-order valence-electron chi connectivity index (χ2n) is 18.1. The van der Waals surface area contributed by atoms with E-state index in [-0.39, 0.29) is 66.9 Å². The van der Waals surface area contributed by atoms with Gasteiger partial charge in [0.1, 0.15) is 10.1 Å². The molecule has 0 unspecified atom stereocenters. The zero-order chi connectivity index (χ0) is 38.7. The van der Waals surface area contributed by atoms with E-state index in [0.29, 0.717) is 11.1 Å². The van der Waals surface area contributed by atoms with Crippen molar-refractivity contribution in [2.75, 3.05) is 0 Å². The van der Waals surface area contributed by atoms with Crippen LogP contribution in [-0.2, 0) is 48.6 Å². The average molecular weight is 775 g/mol. The summed E-state index contributed by atoms with van der Waals surface area (Å²) in [6.07, 6.45) is 7.63. The maximum Gasteiger partial charge on any atom is 3.00 e. The molecule has 286 valence electrons. The molecular formula is C43H59CoN2O5S. The number of hydrogen-bond donors (Lipinski definition) is 0. The van der Waals surface area contributed by atoms with Crippen molar-refractivity contribution in [2.24, 2.45) is 9.98 Å². The number of hydrogen-bond acceptors (Lipinski definition) is 7. The summed E-state index contributed by atoms with van der Waals surface area (Å²) in [4.78, 5) is 9.77. The Hall–Kier alpha value is -2.98. The fraction of sp³-hybridized carbons (Fsp3) is 0.535. The summed E-state index contributed by atoms with van der Waals surface area (Å²) in [6, 6.07) is 13.9. The van der Waals surface area contributed by atoms with E-state index < -0.39 is 10.1 Å². The van der Waals surface area contributed by atoms with E-state index in [1.165, 1.54) is 12.1 Å². The Morgan fingerprint density at radius 3 is 1.25 bits per heavy atom. The van der Waals surface area contributed by atoms with Crippen LogP contribution in [0.15, 0.2) is 63.4 Å². The molecule has 0 bridgehead atoms. The summed E-state index contributed by atoms with van der Waals surface area (Å²) in [5, 5.41) is 26.9. The molecule has 0 radical (unpaired) electrons. The zero-order valence-corrected chi connectivity index (χ0v) is 35.3. The first kappa shape index (κ1) is 45.2. The number of benzene rings is 3. The van der Waals surface area contributed by atoms with Crippen molar-refractivity contribution in [3.05, 3.63) is 87.5 Å². The number of aryl methyl sites for hydroxylation is 1. The molecule has 0 aromatic heterocycles. The predicted octanol–water partition coefficient (Wildman–Crippen LogP) is 8.77.